The molecule has 2 rings (SSSR count). The van der Waals surface area contributed by atoms with Crippen molar-refractivity contribution < 1.29 is 19.4 Å². The third kappa shape index (κ3) is 2.44. The van der Waals surface area contributed by atoms with Crippen LogP contribution in [0, 0.1) is 0 Å². The fourth-order valence-electron chi connectivity index (χ4n) is 1.64. The number of ether oxygens (including phenoxy) is 1. The van der Waals surface area contributed by atoms with Crippen molar-refractivity contribution in [3.63, 3.8) is 0 Å². The number of aliphatic carboxylic acids is 1. The van der Waals surface area contributed by atoms with Gasteiger partial charge in [-0.05, 0) is 0 Å². The number of hydrogen-bond donors (Lipinski definition) is 1. The molecule has 1 aromatic carbocycles. The van der Waals surface area contributed by atoms with Gasteiger partial charge >= 0.3 is 107 Å². The standard InChI is InChI=1S/C11H10AsNO4/c12-7-6-17-9-4-2-1-3-8(9)13(11(7)16)5-10(14)15/h1-4,7H,5-6H2,(H,14,15)/t7-/m0/s1. The summed E-state index contributed by atoms with van der Waals surface area (Å²) in [5.41, 5.74) is 0.508. The minimum atomic E-state index is -1.05. The number of carboxylic acid groups (broad SMARTS) is 1. The molecular weight excluding hydrogens is 285 g/mol. The molecule has 17 heavy (non-hydrogen) atoms. The van der Waals surface area contributed by atoms with Crippen LogP contribution in [0.4, 0.5) is 5.69 Å². The van der Waals surface area contributed by atoms with Crippen LogP contribution in [0.3, 0.4) is 0 Å². The SMILES string of the molecule is O=C(O)CN1C(=O)[C@@H]([As])COc2ccccc21. The number of carbonyl (C=O) groups excluding carboxylic acids is 1. The first-order chi connectivity index (χ1) is 8.09. The zero-order chi connectivity index (χ0) is 12.4. The van der Waals surface area contributed by atoms with Crippen LogP contribution in [0.5, 0.6) is 5.75 Å². The number of hydrogen-bond acceptors (Lipinski definition) is 3. The fourth-order valence-corrected chi connectivity index (χ4v) is 2.09. The second-order valence-electron chi connectivity index (χ2n) is 3.61. The third-order valence-electron chi connectivity index (χ3n) is 2.40. The van der Waals surface area contributed by atoms with Crippen molar-refractivity contribution in [3.8, 4) is 5.75 Å². The van der Waals surface area contributed by atoms with Crippen molar-refractivity contribution in [2.75, 3.05) is 18.1 Å². The van der Waals surface area contributed by atoms with Crippen LogP contribution in [-0.2, 0) is 9.59 Å². The zero-order valence-corrected chi connectivity index (χ0v) is 10.7. The van der Waals surface area contributed by atoms with E-state index in [1.54, 1.807) is 24.3 Å². The average molecular weight is 295 g/mol. The molecule has 1 N–H and O–H groups in total. The summed E-state index contributed by atoms with van der Waals surface area (Å²) in [5, 5.41) is 8.85. The summed E-state index contributed by atoms with van der Waals surface area (Å²) >= 11 is 2.21. The van der Waals surface area contributed by atoms with Crippen LogP contribution in [-0.4, -0.2) is 47.0 Å². The third-order valence-corrected chi connectivity index (χ3v) is 3.17. The zero-order valence-electron chi connectivity index (χ0n) is 8.87. The van der Waals surface area contributed by atoms with Gasteiger partial charge in [-0.1, -0.05) is 0 Å². The van der Waals surface area contributed by atoms with E-state index in [-0.39, 0.29) is 19.1 Å². The molecule has 0 saturated carbocycles. The number of anilines is 1. The molecule has 0 spiro atoms. The fraction of sp³-hybridized carbons (Fsp3) is 0.273. The van der Waals surface area contributed by atoms with Crippen LogP contribution in [0.15, 0.2) is 24.3 Å². The Balaban J connectivity index is 2.43. The molecule has 1 aliphatic rings. The summed E-state index contributed by atoms with van der Waals surface area (Å²) in [7, 11) is 0. The monoisotopic (exact) mass is 295 g/mol. The van der Waals surface area contributed by atoms with Gasteiger partial charge in [-0.2, -0.15) is 0 Å². The van der Waals surface area contributed by atoms with E-state index in [1.807, 2.05) is 0 Å². The number of carbonyl (C=O) groups is 2. The summed E-state index contributed by atoms with van der Waals surface area (Å²) < 4.78 is 5.06. The number of fused-ring (bicyclic) bond motifs is 1. The Labute approximate surface area is 107 Å². The first-order valence-electron chi connectivity index (χ1n) is 5.02. The molecule has 6 heteroatoms. The van der Waals surface area contributed by atoms with Crippen molar-refractivity contribution in [3.05, 3.63) is 24.3 Å². The minimum absolute atomic E-state index is 0.242. The number of rotatable bonds is 2. The molecule has 1 atom stereocenters. The van der Waals surface area contributed by atoms with E-state index in [2.05, 4.69) is 16.9 Å². The van der Waals surface area contributed by atoms with Crippen molar-refractivity contribution in [2.24, 2.45) is 0 Å². The van der Waals surface area contributed by atoms with E-state index in [0.717, 1.165) is 0 Å². The van der Waals surface area contributed by atoms with Gasteiger partial charge in [0.05, 0.1) is 0 Å². The molecule has 1 aliphatic heterocycles. The van der Waals surface area contributed by atoms with E-state index < -0.39 is 10.7 Å². The Morgan fingerprint density at radius 3 is 2.94 bits per heavy atom. The molecule has 88 valence electrons. The molecule has 5 nitrogen and oxygen atoms in total. The second-order valence-corrected chi connectivity index (χ2v) is 4.92. The van der Waals surface area contributed by atoms with Gasteiger partial charge in [0.1, 0.15) is 0 Å². The predicted octanol–water partition coefficient (Wildman–Crippen LogP) is 0.454. The van der Waals surface area contributed by atoms with E-state index in [1.165, 1.54) is 4.90 Å². The van der Waals surface area contributed by atoms with Gasteiger partial charge in [-0.25, -0.2) is 0 Å². The van der Waals surface area contributed by atoms with Gasteiger partial charge < -0.3 is 0 Å². The van der Waals surface area contributed by atoms with Crippen LogP contribution >= 0.6 is 0 Å². The Hall–Kier alpha value is -1.48. The molecule has 2 radical (unpaired) electrons. The van der Waals surface area contributed by atoms with Crippen molar-refractivity contribution in [1.29, 1.82) is 0 Å². The van der Waals surface area contributed by atoms with Crippen LogP contribution < -0.4 is 9.64 Å². The summed E-state index contributed by atoms with van der Waals surface area (Å²) in [6, 6.07) is 6.94. The second kappa shape index (κ2) is 4.80. The van der Waals surface area contributed by atoms with Gasteiger partial charge in [0.2, 0.25) is 0 Å². The summed E-state index contributed by atoms with van der Waals surface area (Å²) in [6.07, 6.45) is 0. The summed E-state index contributed by atoms with van der Waals surface area (Å²) in [4.78, 5) is 24.1. The van der Waals surface area contributed by atoms with Gasteiger partial charge in [0, 0.05) is 0 Å². The molecule has 0 unspecified atom stereocenters. The van der Waals surface area contributed by atoms with E-state index >= 15 is 0 Å². The van der Waals surface area contributed by atoms with Crippen molar-refractivity contribution in [2.45, 2.75) is 4.71 Å². The van der Waals surface area contributed by atoms with E-state index in [0.29, 0.717) is 11.4 Å². The van der Waals surface area contributed by atoms with Crippen LogP contribution in [0.2, 0.25) is 4.71 Å². The number of benzene rings is 1. The molecule has 0 aromatic heterocycles. The molecular formula is C11H10AsNO4. The maximum absolute atomic E-state index is 12.0. The molecule has 1 amide bonds. The van der Waals surface area contributed by atoms with Crippen LogP contribution in [0.25, 0.3) is 0 Å². The van der Waals surface area contributed by atoms with Gasteiger partial charge in [-0.3, -0.25) is 0 Å². The van der Waals surface area contributed by atoms with E-state index in [9.17, 15) is 9.59 Å². The molecule has 0 fully saturated rings. The Morgan fingerprint density at radius 1 is 1.53 bits per heavy atom. The van der Waals surface area contributed by atoms with Crippen molar-refractivity contribution >= 4 is 34.4 Å². The van der Waals surface area contributed by atoms with Crippen molar-refractivity contribution in [1.82, 2.24) is 0 Å². The number of nitrogens with zero attached hydrogens (tertiary/aromatic N) is 1. The molecule has 0 aliphatic carbocycles. The quantitative estimate of drug-likeness (QED) is 0.805. The predicted molar refractivity (Wildman–Crippen MR) is 61.4 cm³/mol. The molecule has 1 aromatic rings. The Morgan fingerprint density at radius 2 is 2.24 bits per heavy atom. The molecule has 1 heterocycles. The Kier molecular flexibility index (Phi) is 3.38. The van der Waals surface area contributed by atoms with Gasteiger partial charge in [-0.15, -0.1) is 0 Å². The average Bonchev–Trinajstić information content (AvgIpc) is 2.42. The normalized spacial score (nSPS) is 19.2. The number of para-hydroxylation sites is 2. The first-order valence-corrected chi connectivity index (χ1v) is 6.11. The summed E-state index contributed by atoms with van der Waals surface area (Å²) in [5.74, 6) is -0.761. The van der Waals surface area contributed by atoms with Gasteiger partial charge in [0.15, 0.2) is 0 Å². The van der Waals surface area contributed by atoms with Gasteiger partial charge in [0.25, 0.3) is 0 Å². The van der Waals surface area contributed by atoms with E-state index in [4.69, 9.17) is 9.84 Å². The number of amides is 1. The first kappa shape index (κ1) is 12.0. The molecule has 0 bridgehead atoms. The van der Waals surface area contributed by atoms with Crippen LogP contribution in [0.1, 0.15) is 0 Å². The summed E-state index contributed by atoms with van der Waals surface area (Å²) in [6.45, 7) is -0.112. The molecule has 0 saturated heterocycles. The topological polar surface area (TPSA) is 66.8 Å². The maximum atomic E-state index is 12.0. The number of carboxylic acids is 1. The Bertz CT molecular complexity index is 463.